The fraction of sp³-hybridized carbons (Fsp3) is 0.438. The molecule has 0 bridgehead atoms. The van der Waals surface area contributed by atoms with Crippen molar-refractivity contribution in [2.45, 2.75) is 45.7 Å². The minimum atomic E-state index is 0.122. The Morgan fingerprint density at radius 3 is 2.60 bits per heavy atom. The summed E-state index contributed by atoms with van der Waals surface area (Å²) in [6.45, 7) is 9.46. The third-order valence-electron chi connectivity index (χ3n) is 3.15. The smallest absolute Gasteiger partial charge is 0.0982 e. The van der Waals surface area contributed by atoms with Crippen LogP contribution in [0.15, 0.2) is 29.6 Å². The number of hydrogen-bond donors (Lipinski definition) is 1. The van der Waals surface area contributed by atoms with Gasteiger partial charge in [-0.1, -0.05) is 50.6 Å². The van der Waals surface area contributed by atoms with Gasteiger partial charge in [0, 0.05) is 28.4 Å². The van der Waals surface area contributed by atoms with Crippen molar-refractivity contribution in [3.63, 3.8) is 0 Å². The lowest BCUT2D eigenvalue weighted by molar-refractivity contribution is 0.556. The number of thiazole rings is 1. The van der Waals surface area contributed by atoms with Gasteiger partial charge in [0.25, 0.3) is 0 Å². The summed E-state index contributed by atoms with van der Waals surface area (Å²) < 4.78 is 0. The zero-order valence-electron chi connectivity index (χ0n) is 12.4. The second-order valence-electron chi connectivity index (χ2n) is 6.02. The quantitative estimate of drug-likeness (QED) is 0.865. The van der Waals surface area contributed by atoms with E-state index in [0.717, 1.165) is 22.8 Å². The summed E-state index contributed by atoms with van der Waals surface area (Å²) in [4.78, 5) is 4.69. The molecule has 0 aliphatic rings. The maximum absolute atomic E-state index is 6.21. The van der Waals surface area contributed by atoms with Crippen molar-refractivity contribution < 1.29 is 0 Å². The molecule has 0 spiro atoms. The molecule has 0 radical (unpaired) electrons. The van der Waals surface area contributed by atoms with Crippen LogP contribution in [0.5, 0.6) is 0 Å². The van der Waals surface area contributed by atoms with Crippen LogP contribution in [0, 0.1) is 0 Å². The molecule has 2 aromatic rings. The van der Waals surface area contributed by atoms with Gasteiger partial charge in [-0.2, -0.15) is 0 Å². The molecule has 0 amide bonds. The van der Waals surface area contributed by atoms with E-state index in [9.17, 15) is 0 Å². The molecule has 1 atom stereocenters. The van der Waals surface area contributed by atoms with E-state index in [1.165, 1.54) is 5.01 Å². The predicted molar refractivity (Wildman–Crippen MR) is 87.5 cm³/mol. The van der Waals surface area contributed by atoms with Gasteiger partial charge in [-0.3, -0.25) is 0 Å². The first-order valence-corrected chi connectivity index (χ1v) is 8.06. The number of rotatable bonds is 4. The molecule has 4 heteroatoms. The molecule has 20 heavy (non-hydrogen) atoms. The lowest BCUT2D eigenvalue weighted by atomic mass is 9.98. The number of aromatic nitrogens is 1. The number of halogens is 1. The SMILES string of the molecule is CC(NCc1csc(C(C)(C)C)n1)c1ccccc1Cl. The van der Waals surface area contributed by atoms with Gasteiger partial charge in [0.15, 0.2) is 0 Å². The fourth-order valence-corrected chi connectivity index (χ4v) is 3.13. The molecule has 0 aliphatic heterocycles. The number of nitrogens with zero attached hydrogens (tertiary/aromatic N) is 1. The highest BCUT2D eigenvalue weighted by Gasteiger charge is 2.18. The fourth-order valence-electron chi connectivity index (χ4n) is 1.93. The first kappa shape index (κ1) is 15.5. The number of hydrogen-bond acceptors (Lipinski definition) is 3. The van der Waals surface area contributed by atoms with E-state index in [2.05, 4.69) is 44.5 Å². The van der Waals surface area contributed by atoms with Crippen LogP contribution in [0.3, 0.4) is 0 Å². The van der Waals surface area contributed by atoms with Gasteiger partial charge in [0.2, 0.25) is 0 Å². The maximum atomic E-state index is 6.21. The third-order valence-corrected chi connectivity index (χ3v) is 4.82. The third kappa shape index (κ3) is 3.81. The predicted octanol–water partition coefficient (Wildman–Crippen LogP) is 4.94. The van der Waals surface area contributed by atoms with Crippen molar-refractivity contribution in [3.8, 4) is 0 Å². The molecule has 2 rings (SSSR count). The molecule has 1 aromatic carbocycles. The summed E-state index contributed by atoms with van der Waals surface area (Å²) in [7, 11) is 0. The summed E-state index contributed by atoms with van der Waals surface area (Å²) in [6.07, 6.45) is 0. The zero-order valence-corrected chi connectivity index (χ0v) is 14.0. The van der Waals surface area contributed by atoms with Gasteiger partial charge in [0.05, 0.1) is 10.7 Å². The Morgan fingerprint density at radius 1 is 1.30 bits per heavy atom. The number of benzene rings is 1. The average molecular weight is 309 g/mol. The minimum absolute atomic E-state index is 0.122. The van der Waals surface area contributed by atoms with Crippen LogP contribution in [0.25, 0.3) is 0 Å². The van der Waals surface area contributed by atoms with Gasteiger partial charge < -0.3 is 5.32 Å². The zero-order chi connectivity index (χ0) is 14.8. The van der Waals surface area contributed by atoms with Crippen LogP contribution < -0.4 is 5.32 Å². The van der Waals surface area contributed by atoms with Crippen LogP contribution in [-0.2, 0) is 12.0 Å². The van der Waals surface area contributed by atoms with Gasteiger partial charge >= 0.3 is 0 Å². The highest BCUT2D eigenvalue weighted by Crippen LogP contribution is 2.26. The minimum Gasteiger partial charge on any atom is -0.304 e. The van der Waals surface area contributed by atoms with Crippen molar-refractivity contribution in [3.05, 3.63) is 50.9 Å². The molecule has 1 N–H and O–H groups in total. The molecule has 1 heterocycles. The Morgan fingerprint density at radius 2 is 2.00 bits per heavy atom. The molecule has 0 saturated heterocycles. The lowest BCUT2D eigenvalue weighted by Crippen LogP contribution is -2.19. The number of nitrogens with one attached hydrogen (secondary N) is 1. The first-order chi connectivity index (χ1) is 9.38. The molecular weight excluding hydrogens is 288 g/mol. The molecule has 2 nitrogen and oxygen atoms in total. The molecule has 0 fully saturated rings. The largest absolute Gasteiger partial charge is 0.304 e. The second kappa shape index (κ2) is 6.25. The van der Waals surface area contributed by atoms with Crippen LogP contribution in [0.4, 0.5) is 0 Å². The van der Waals surface area contributed by atoms with Gasteiger partial charge in [0.1, 0.15) is 0 Å². The highest BCUT2D eigenvalue weighted by molar-refractivity contribution is 7.09. The Hall–Kier alpha value is -0.900. The summed E-state index contributed by atoms with van der Waals surface area (Å²) in [6, 6.07) is 8.16. The lowest BCUT2D eigenvalue weighted by Gasteiger charge is -2.15. The summed E-state index contributed by atoms with van der Waals surface area (Å²) in [5, 5.41) is 7.60. The van der Waals surface area contributed by atoms with Crippen LogP contribution >= 0.6 is 22.9 Å². The van der Waals surface area contributed by atoms with Gasteiger partial charge in [-0.05, 0) is 18.6 Å². The van der Waals surface area contributed by atoms with E-state index < -0.39 is 0 Å². The van der Waals surface area contributed by atoms with Gasteiger partial charge in [-0.15, -0.1) is 11.3 Å². The molecule has 0 aliphatic carbocycles. The van der Waals surface area contributed by atoms with Crippen LogP contribution in [0.1, 0.15) is 50.0 Å². The molecule has 1 aromatic heterocycles. The Labute approximate surface area is 130 Å². The molecule has 108 valence electrons. The molecular formula is C16H21ClN2S. The van der Waals surface area contributed by atoms with E-state index in [1.54, 1.807) is 11.3 Å². The van der Waals surface area contributed by atoms with Crippen molar-refractivity contribution in [2.24, 2.45) is 0 Å². The van der Waals surface area contributed by atoms with E-state index >= 15 is 0 Å². The summed E-state index contributed by atoms with van der Waals surface area (Å²) in [5.74, 6) is 0. The standard InChI is InChI=1S/C16H21ClN2S/c1-11(13-7-5-6-8-14(13)17)18-9-12-10-20-15(19-12)16(2,3)4/h5-8,10-11,18H,9H2,1-4H3. The van der Waals surface area contributed by atoms with Crippen molar-refractivity contribution in [1.29, 1.82) is 0 Å². The van der Waals surface area contributed by atoms with E-state index in [-0.39, 0.29) is 11.5 Å². The highest BCUT2D eigenvalue weighted by atomic mass is 35.5. The topological polar surface area (TPSA) is 24.9 Å². The maximum Gasteiger partial charge on any atom is 0.0982 e. The molecule has 0 saturated carbocycles. The monoisotopic (exact) mass is 308 g/mol. The Bertz CT molecular complexity index is 572. The van der Waals surface area contributed by atoms with E-state index in [1.807, 2.05) is 18.2 Å². The summed E-state index contributed by atoms with van der Waals surface area (Å²) in [5.41, 5.74) is 2.34. The van der Waals surface area contributed by atoms with Gasteiger partial charge in [-0.25, -0.2) is 4.98 Å². The van der Waals surface area contributed by atoms with Crippen molar-refractivity contribution in [2.75, 3.05) is 0 Å². The van der Waals surface area contributed by atoms with Crippen LogP contribution in [-0.4, -0.2) is 4.98 Å². The van der Waals surface area contributed by atoms with Crippen molar-refractivity contribution >= 4 is 22.9 Å². The molecule has 1 unspecified atom stereocenters. The van der Waals surface area contributed by atoms with E-state index in [4.69, 9.17) is 16.6 Å². The Kier molecular flexibility index (Phi) is 4.84. The van der Waals surface area contributed by atoms with Crippen molar-refractivity contribution in [1.82, 2.24) is 10.3 Å². The normalized spacial score (nSPS) is 13.4. The van der Waals surface area contributed by atoms with Crippen LogP contribution in [0.2, 0.25) is 5.02 Å². The van der Waals surface area contributed by atoms with E-state index in [0.29, 0.717) is 0 Å². The average Bonchev–Trinajstić information content (AvgIpc) is 2.85. The Balaban J connectivity index is 1.99. The first-order valence-electron chi connectivity index (χ1n) is 6.80. The second-order valence-corrected chi connectivity index (χ2v) is 7.28. The summed E-state index contributed by atoms with van der Waals surface area (Å²) >= 11 is 7.94.